The van der Waals surface area contributed by atoms with E-state index < -0.39 is 32.5 Å². The Bertz CT molecular complexity index is 1740. The van der Waals surface area contributed by atoms with Crippen LogP contribution in [-0.4, -0.2) is 29.3 Å². The van der Waals surface area contributed by atoms with Crippen molar-refractivity contribution >= 4 is 77.8 Å². The quantitative estimate of drug-likeness (QED) is 0.215. The topological polar surface area (TPSA) is 113 Å². The lowest BCUT2D eigenvalue weighted by Crippen LogP contribution is -2.38. The monoisotopic (exact) mass is 637 g/mol. The number of sulfonamides is 2. The molecule has 8 nitrogen and oxygen atoms in total. The van der Waals surface area contributed by atoms with Gasteiger partial charge in [0.25, 0.3) is 20.0 Å². The molecule has 0 saturated carbocycles. The summed E-state index contributed by atoms with van der Waals surface area (Å²) in [5.74, 6) is -0.636. The smallest absolute Gasteiger partial charge is 0.264 e. The predicted octanol–water partition coefficient (Wildman–Crippen LogP) is 6.59. The number of anilines is 3. The Hall–Kier alpha value is -3.28. The van der Waals surface area contributed by atoms with Crippen molar-refractivity contribution in [3.63, 3.8) is 0 Å². The number of halogens is 3. The summed E-state index contributed by atoms with van der Waals surface area (Å²) in [5, 5.41) is 3.52. The molecule has 0 aliphatic rings. The van der Waals surface area contributed by atoms with Crippen LogP contribution in [-0.2, 0) is 24.8 Å². The highest BCUT2D eigenvalue weighted by Crippen LogP contribution is 2.28. The molecule has 0 heterocycles. The number of aryl methyl sites for hydroxylation is 1. The van der Waals surface area contributed by atoms with E-state index in [1.54, 1.807) is 31.2 Å². The number of amides is 1. The third-order valence-corrected chi connectivity index (χ3v) is 9.50. The first-order chi connectivity index (χ1) is 18.8. The van der Waals surface area contributed by atoms with E-state index >= 15 is 0 Å². The van der Waals surface area contributed by atoms with Crippen LogP contribution < -0.4 is 14.3 Å². The van der Waals surface area contributed by atoms with E-state index in [-0.39, 0.29) is 31.2 Å². The van der Waals surface area contributed by atoms with Crippen molar-refractivity contribution in [3.05, 3.63) is 112 Å². The van der Waals surface area contributed by atoms with Crippen LogP contribution in [0.3, 0.4) is 0 Å². The summed E-state index contributed by atoms with van der Waals surface area (Å²) < 4.78 is 56.1. The third kappa shape index (κ3) is 7.07. The molecule has 0 radical (unpaired) electrons. The van der Waals surface area contributed by atoms with Crippen molar-refractivity contribution in [3.8, 4) is 0 Å². The molecule has 2 N–H and O–H groups in total. The maximum atomic E-state index is 13.5. The molecule has 0 spiro atoms. The van der Waals surface area contributed by atoms with Gasteiger partial charge in [0.1, 0.15) is 6.54 Å². The van der Waals surface area contributed by atoms with Gasteiger partial charge in [-0.25, -0.2) is 16.8 Å². The van der Waals surface area contributed by atoms with Gasteiger partial charge < -0.3 is 5.32 Å². The number of carbonyl (C=O) groups excluding carboxylic acids is 1. The van der Waals surface area contributed by atoms with Crippen LogP contribution in [0.2, 0.25) is 15.1 Å². The van der Waals surface area contributed by atoms with Gasteiger partial charge in [0.05, 0.1) is 21.2 Å². The maximum absolute atomic E-state index is 13.5. The SMILES string of the molecule is Cc1ccccc1N(CC(=O)Nc1ccc(S(=O)(=O)Nc2cc(Cl)cc(Cl)c2)cc1)S(=O)(=O)c1ccc(Cl)cc1. The average molecular weight is 639 g/mol. The first kappa shape index (κ1) is 29.7. The fourth-order valence-corrected chi connectivity index (χ4v) is 6.93. The van der Waals surface area contributed by atoms with Crippen LogP contribution in [0.1, 0.15) is 5.56 Å². The Balaban J connectivity index is 1.54. The van der Waals surface area contributed by atoms with Gasteiger partial charge in [-0.15, -0.1) is 0 Å². The molecule has 0 aliphatic carbocycles. The van der Waals surface area contributed by atoms with Gasteiger partial charge in [0, 0.05) is 20.8 Å². The number of benzene rings is 4. The lowest BCUT2D eigenvalue weighted by atomic mass is 10.2. The van der Waals surface area contributed by atoms with Crippen LogP contribution >= 0.6 is 34.8 Å². The first-order valence-electron chi connectivity index (χ1n) is 11.6. The molecule has 0 saturated heterocycles. The molecule has 4 aromatic carbocycles. The summed E-state index contributed by atoms with van der Waals surface area (Å²) in [6.45, 7) is 1.20. The van der Waals surface area contributed by atoms with Crippen LogP contribution in [0, 0.1) is 6.92 Å². The van der Waals surface area contributed by atoms with Gasteiger partial charge in [-0.3, -0.25) is 13.8 Å². The molecule has 40 heavy (non-hydrogen) atoms. The molecule has 0 bridgehead atoms. The molecular formula is C27H22Cl3N3O5S2. The van der Waals surface area contributed by atoms with E-state index in [0.717, 1.165) is 4.31 Å². The number of hydrogen-bond acceptors (Lipinski definition) is 5. The molecule has 13 heteroatoms. The lowest BCUT2D eigenvalue weighted by Gasteiger charge is -2.25. The molecule has 208 valence electrons. The third-order valence-electron chi connectivity index (χ3n) is 5.64. The van der Waals surface area contributed by atoms with E-state index in [9.17, 15) is 21.6 Å². The molecule has 1 amide bonds. The zero-order chi connectivity index (χ0) is 29.1. The molecule has 0 unspecified atom stereocenters. The normalized spacial score (nSPS) is 11.6. The number of hydrogen-bond donors (Lipinski definition) is 2. The van der Waals surface area contributed by atoms with Crippen LogP contribution in [0.4, 0.5) is 17.1 Å². The number of nitrogens with one attached hydrogen (secondary N) is 2. The molecule has 0 fully saturated rings. The van der Waals surface area contributed by atoms with E-state index in [2.05, 4.69) is 10.0 Å². The molecule has 4 rings (SSSR count). The molecule has 0 atom stereocenters. The second-order valence-electron chi connectivity index (χ2n) is 8.59. The van der Waals surface area contributed by atoms with Crippen LogP contribution in [0.15, 0.2) is 101 Å². The fraction of sp³-hybridized carbons (Fsp3) is 0.0741. The summed E-state index contributed by atoms with van der Waals surface area (Å²) >= 11 is 17.8. The largest absolute Gasteiger partial charge is 0.325 e. The van der Waals surface area contributed by atoms with Crippen molar-refractivity contribution in [2.75, 3.05) is 20.9 Å². The van der Waals surface area contributed by atoms with Gasteiger partial charge in [-0.1, -0.05) is 53.0 Å². The van der Waals surface area contributed by atoms with E-state index in [1.807, 2.05) is 0 Å². The predicted molar refractivity (Wildman–Crippen MR) is 160 cm³/mol. The highest BCUT2D eigenvalue weighted by molar-refractivity contribution is 7.93. The Morgan fingerprint density at radius 3 is 1.90 bits per heavy atom. The zero-order valence-electron chi connectivity index (χ0n) is 20.8. The molecule has 0 aliphatic heterocycles. The summed E-state index contributed by atoms with van der Waals surface area (Å²) in [6, 6.07) is 22.1. The van der Waals surface area contributed by atoms with Crippen molar-refractivity contribution in [1.82, 2.24) is 0 Å². The second-order valence-corrected chi connectivity index (χ2v) is 13.4. The van der Waals surface area contributed by atoms with Crippen molar-refractivity contribution in [1.29, 1.82) is 0 Å². The number of rotatable bonds is 9. The van der Waals surface area contributed by atoms with Gasteiger partial charge in [0.2, 0.25) is 5.91 Å². The van der Waals surface area contributed by atoms with E-state index in [0.29, 0.717) is 16.3 Å². The van der Waals surface area contributed by atoms with Gasteiger partial charge in [0.15, 0.2) is 0 Å². The van der Waals surface area contributed by atoms with Crippen molar-refractivity contribution in [2.45, 2.75) is 16.7 Å². The summed E-state index contributed by atoms with van der Waals surface area (Å²) in [4.78, 5) is 12.9. The minimum absolute atomic E-state index is 0.0315. The van der Waals surface area contributed by atoms with Crippen LogP contribution in [0.25, 0.3) is 0 Å². The highest BCUT2D eigenvalue weighted by atomic mass is 35.5. The van der Waals surface area contributed by atoms with E-state index in [4.69, 9.17) is 34.8 Å². The van der Waals surface area contributed by atoms with Crippen molar-refractivity contribution < 1.29 is 21.6 Å². The molecule has 0 aromatic heterocycles. The first-order valence-corrected chi connectivity index (χ1v) is 15.6. The molecule has 4 aromatic rings. The summed E-state index contributed by atoms with van der Waals surface area (Å²) in [5.41, 5.74) is 1.44. The highest BCUT2D eigenvalue weighted by Gasteiger charge is 2.28. The minimum Gasteiger partial charge on any atom is -0.325 e. The van der Waals surface area contributed by atoms with Gasteiger partial charge >= 0.3 is 0 Å². The Morgan fingerprint density at radius 2 is 1.30 bits per heavy atom. The fourth-order valence-electron chi connectivity index (χ4n) is 3.75. The van der Waals surface area contributed by atoms with Gasteiger partial charge in [-0.2, -0.15) is 0 Å². The number of carbonyl (C=O) groups is 1. The summed E-state index contributed by atoms with van der Waals surface area (Å²) in [6.07, 6.45) is 0. The maximum Gasteiger partial charge on any atom is 0.264 e. The number of para-hydroxylation sites is 1. The minimum atomic E-state index is -4.14. The van der Waals surface area contributed by atoms with E-state index in [1.165, 1.54) is 66.7 Å². The lowest BCUT2D eigenvalue weighted by molar-refractivity contribution is -0.114. The Labute approximate surface area is 247 Å². The zero-order valence-corrected chi connectivity index (χ0v) is 24.7. The second kappa shape index (κ2) is 12.1. The average Bonchev–Trinajstić information content (AvgIpc) is 2.87. The van der Waals surface area contributed by atoms with Crippen LogP contribution in [0.5, 0.6) is 0 Å². The standard InChI is InChI=1S/C27H22Cl3N3O5S2/c1-18-4-2-3-5-26(18)33(40(37,38)25-10-6-19(28)7-11-25)17-27(34)31-22-8-12-24(13-9-22)39(35,36)32-23-15-20(29)14-21(30)16-23/h2-16,32H,17H2,1H3,(H,31,34). The number of nitrogens with zero attached hydrogens (tertiary/aromatic N) is 1. The summed E-state index contributed by atoms with van der Waals surface area (Å²) in [7, 11) is -8.12. The Kier molecular flexibility index (Phi) is 8.96. The Morgan fingerprint density at radius 1 is 0.725 bits per heavy atom. The molecular weight excluding hydrogens is 617 g/mol. The van der Waals surface area contributed by atoms with Crippen molar-refractivity contribution in [2.24, 2.45) is 0 Å². The van der Waals surface area contributed by atoms with Gasteiger partial charge in [-0.05, 0) is 85.3 Å².